The highest BCUT2D eigenvalue weighted by Gasteiger charge is 2.40. The lowest BCUT2D eigenvalue weighted by Gasteiger charge is -2.40. The van der Waals surface area contributed by atoms with Crippen LogP contribution in [-0.4, -0.2) is 51.5 Å². The number of hydrogen-bond donors (Lipinski definition) is 1. The second-order valence-corrected chi connectivity index (χ2v) is 7.46. The first-order chi connectivity index (χ1) is 13.6. The van der Waals surface area contributed by atoms with E-state index >= 15 is 0 Å². The van der Waals surface area contributed by atoms with E-state index in [1.165, 1.54) is 7.11 Å². The van der Waals surface area contributed by atoms with E-state index < -0.39 is 0 Å². The maximum absolute atomic E-state index is 12.2. The van der Waals surface area contributed by atoms with E-state index in [0.717, 1.165) is 22.3 Å². The standard InChI is InChI=1S/C22H24O6/c1-25-10-22(11-27-12-22)13-28-20-17(7-9-19(24)21(20)26-2)14-4-3-5-16-15(14)6-8-18(16)23/h3-5,7,9,24H,6,8,10-13H2,1-2H3. The van der Waals surface area contributed by atoms with E-state index in [0.29, 0.717) is 45.0 Å². The normalized spacial score (nSPS) is 17.1. The molecule has 2 aromatic carbocycles. The van der Waals surface area contributed by atoms with Gasteiger partial charge in [0.2, 0.25) is 5.75 Å². The number of ketones is 1. The van der Waals surface area contributed by atoms with Gasteiger partial charge in [0.05, 0.1) is 32.3 Å². The van der Waals surface area contributed by atoms with Gasteiger partial charge in [-0.05, 0) is 29.7 Å². The Morgan fingerprint density at radius 3 is 2.46 bits per heavy atom. The molecule has 28 heavy (non-hydrogen) atoms. The summed E-state index contributed by atoms with van der Waals surface area (Å²) >= 11 is 0. The van der Waals surface area contributed by atoms with Crippen molar-refractivity contribution in [2.24, 2.45) is 5.41 Å². The number of aromatic hydroxyl groups is 1. The molecule has 1 saturated heterocycles. The Hall–Kier alpha value is -2.57. The predicted octanol–water partition coefficient (Wildman–Crippen LogP) is 3.24. The van der Waals surface area contributed by atoms with Crippen molar-refractivity contribution in [3.05, 3.63) is 41.5 Å². The number of ether oxygens (including phenoxy) is 4. The van der Waals surface area contributed by atoms with Gasteiger partial charge in [-0.3, -0.25) is 4.79 Å². The van der Waals surface area contributed by atoms with Crippen molar-refractivity contribution >= 4 is 5.78 Å². The molecule has 0 bridgehead atoms. The lowest BCUT2D eigenvalue weighted by atomic mass is 9.88. The minimum Gasteiger partial charge on any atom is -0.504 e. The van der Waals surface area contributed by atoms with Crippen LogP contribution >= 0.6 is 0 Å². The van der Waals surface area contributed by atoms with Crippen LogP contribution in [0.5, 0.6) is 17.2 Å². The van der Waals surface area contributed by atoms with Gasteiger partial charge < -0.3 is 24.1 Å². The molecule has 0 aromatic heterocycles. The Bertz CT molecular complexity index is 900. The van der Waals surface area contributed by atoms with Crippen LogP contribution in [-0.2, 0) is 15.9 Å². The largest absolute Gasteiger partial charge is 0.504 e. The van der Waals surface area contributed by atoms with Crippen LogP contribution in [0, 0.1) is 5.41 Å². The van der Waals surface area contributed by atoms with Crippen LogP contribution in [0.1, 0.15) is 22.3 Å². The molecule has 0 spiro atoms. The van der Waals surface area contributed by atoms with E-state index in [9.17, 15) is 9.90 Å². The van der Waals surface area contributed by atoms with Crippen molar-refractivity contribution in [3.8, 4) is 28.4 Å². The molecule has 0 amide bonds. The van der Waals surface area contributed by atoms with Crippen molar-refractivity contribution < 1.29 is 28.8 Å². The molecule has 0 saturated carbocycles. The van der Waals surface area contributed by atoms with Crippen molar-refractivity contribution in [2.75, 3.05) is 40.6 Å². The Balaban J connectivity index is 1.76. The second-order valence-electron chi connectivity index (χ2n) is 7.46. The molecule has 4 rings (SSSR count). The number of phenolic OH excluding ortho intramolecular Hbond substituents is 1. The summed E-state index contributed by atoms with van der Waals surface area (Å²) in [6, 6.07) is 9.13. The maximum Gasteiger partial charge on any atom is 0.203 e. The first kappa shape index (κ1) is 18.8. The Morgan fingerprint density at radius 1 is 1.00 bits per heavy atom. The highest BCUT2D eigenvalue weighted by Crippen LogP contribution is 2.47. The van der Waals surface area contributed by atoms with Crippen LogP contribution in [0.15, 0.2) is 30.3 Å². The molecule has 1 heterocycles. The maximum atomic E-state index is 12.2. The molecule has 0 radical (unpaired) electrons. The second kappa shape index (κ2) is 7.45. The zero-order valence-corrected chi connectivity index (χ0v) is 16.1. The van der Waals surface area contributed by atoms with Gasteiger partial charge in [0.15, 0.2) is 17.3 Å². The molecule has 2 aromatic rings. The average molecular weight is 384 g/mol. The molecule has 1 aliphatic heterocycles. The summed E-state index contributed by atoms with van der Waals surface area (Å²) in [7, 11) is 3.16. The van der Waals surface area contributed by atoms with Gasteiger partial charge in [0, 0.05) is 24.7 Å². The number of phenols is 1. The zero-order valence-electron chi connectivity index (χ0n) is 16.1. The average Bonchev–Trinajstić information content (AvgIpc) is 3.05. The third kappa shape index (κ3) is 3.12. The first-order valence-electron chi connectivity index (χ1n) is 9.33. The van der Waals surface area contributed by atoms with Crippen LogP contribution in [0.4, 0.5) is 0 Å². The summed E-state index contributed by atoms with van der Waals surface area (Å²) in [5.41, 5.74) is 3.30. The molecule has 148 valence electrons. The first-order valence-corrected chi connectivity index (χ1v) is 9.33. The number of hydrogen-bond acceptors (Lipinski definition) is 6. The van der Waals surface area contributed by atoms with Crippen molar-refractivity contribution in [1.82, 2.24) is 0 Å². The van der Waals surface area contributed by atoms with Crippen LogP contribution < -0.4 is 9.47 Å². The van der Waals surface area contributed by atoms with E-state index in [1.807, 2.05) is 24.3 Å². The molecule has 1 aliphatic carbocycles. The highest BCUT2D eigenvalue weighted by molar-refractivity contribution is 6.02. The van der Waals surface area contributed by atoms with E-state index in [1.54, 1.807) is 13.2 Å². The summed E-state index contributed by atoms with van der Waals surface area (Å²) in [6.45, 7) is 2.03. The highest BCUT2D eigenvalue weighted by atomic mass is 16.5. The summed E-state index contributed by atoms with van der Waals surface area (Å²) in [5, 5.41) is 10.3. The topological polar surface area (TPSA) is 74.2 Å². The number of rotatable bonds is 7. The molecule has 6 heteroatoms. The van der Waals surface area contributed by atoms with Gasteiger partial charge in [0.1, 0.15) is 6.61 Å². The number of carbonyl (C=O) groups is 1. The lowest BCUT2D eigenvalue weighted by Crippen LogP contribution is -2.50. The summed E-state index contributed by atoms with van der Waals surface area (Å²) in [6.07, 6.45) is 1.22. The van der Waals surface area contributed by atoms with Crippen LogP contribution in [0.2, 0.25) is 0 Å². The third-order valence-corrected chi connectivity index (χ3v) is 5.45. The lowest BCUT2D eigenvalue weighted by molar-refractivity contribution is -0.159. The summed E-state index contributed by atoms with van der Waals surface area (Å²) in [4.78, 5) is 12.2. The molecule has 0 unspecified atom stereocenters. The molecule has 2 aliphatic rings. The van der Waals surface area contributed by atoms with E-state index in [2.05, 4.69) is 0 Å². The number of fused-ring (bicyclic) bond motifs is 1. The number of benzene rings is 2. The smallest absolute Gasteiger partial charge is 0.203 e. The fraction of sp³-hybridized carbons (Fsp3) is 0.409. The van der Waals surface area contributed by atoms with E-state index in [-0.39, 0.29) is 22.7 Å². The van der Waals surface area contributed by atoms with Gasteiger partial charge in [0.25, 0.3) is 0 Å². The fourth-order valence-corrected chi connectivity index (χ4v) is 3.98. The number of methoxy groups -OCH3 is 2. The Kier molecular flexibility index (Phi) is 5.00. The van der Waals surface area contributed by atoms with Gasteiger partial charge in [-0.1, -0.05) is 18.2 Å². The van der Waals surface area contributed by atoms with Crippen LogP contribution in [0.25, 0.3) is 11.1 Å². The van der Waals surface area contributed by atoms with Gasteiger partial charge in [-0.15, -0.1) is 0 Å². The summed E-state index contributed by atoms with van der Waals surface area (Å²) < 4.78 is 22.4. The quantitative estimate of drug-likeness (QED) is 0.790. The van der Waals surface area contributed by atoms with Crippen LogP contribution in [0.3, 0.4) is 0 Å². The SMILES string of the molecule is COCC1(COc2c(-c3cccc4c3CCC4=O)ccc(O)c2OC)COC1. The van der Waals surface area contributed by atoms with Crippen molar-refractivity contribution in [1.29, 1.82) is 0 Å². The summed E-state index contributed by atoms with van der Waals surface area (Å²) in [5.74, 6) is 0.927. The number of carbonyl (C=O) groups excluding carboxylic acids is 1. The molecule has 0 atom stereocenters. The fourth-order valence-electron chi connectivity index (χ4n) is 3.98. The molecule has 1 N–H and O–H groups in total. The van der Waals surface area contributed by atoms with Crippen molar-refractivity contribution in [3.63, 3.8) is 0 Å². The Morgan fingerprint density at radius 2 is 1.79 bits per heavy atom. The van der Waals surface area contributed by atoms with Gasteiger partial charge >= 0.3 is 0 Å². The zero-order chi connectivity index (χ0) is 19.7. The monoisotopic (exact) mass is 384 g/mol. The molecule has 6 nitrogen and oxygen atoms in total. The number of Topliss-reactive ketones (excluding diaryl/α,β-unsaturated/α-hetero) is 1. The Labute approximate surface area is 164 Å². The van der Waals surface area contributed by atoms with Gasteiger partial charge in [-0.25, -0.2) is 0 Å². The predicted molar refractivity (Wildman–Crippen MR) is 103 cm³/mol. The van der Waals surface area contributed by atoms with Gasteiger partial charge in [-0.2, -0.15) is 0 Å². The molecule has 1 fully saturated rings. The third-order valence-electron chi connectivity index (χ3n) is 5.45. The van der Waals surface area contributed by atoms with Crippen molar-refractivity contribution in [2.45, 2.75) is 12.8 Å². The van der Waals surface area contributed by atoms with E-state index in [4.69, 9.17) is 18.9 Å². The molecular formula is C22H24O6. The minimum atomic E-state index is -0.211. The molecular weight excluding hydrogens is 360 g/mol. The minimum absolute atomic E-state index is 0.00977.